The van der Waals surface area contributed by atoms with Gasteiger partial charge in [0.2, 0.25) is 0 Å². The maximum absolute atomic E-state index is 6.75. The van der Waals surface area contributed by atoms with Gasteiger partial charge in [0.15, 0.2) is 11.5 Å². The Bertz CT molecular complexity index is 591. The van der Waals surface area contributed by atoms with Crippen LogP contribution in [-0.4, -0.2) is 78.4 Å². The normalized spacial score (nSPS) is 9.03. The SMILES string of the molecule is COc1cc([N-]CCCN(C)C)c([N-]CCCN(C)C)cc1OC.[N-]=[N+]=[N-].[N-]=[N+]=[N-].[Ti+4]. The van der Waals surface area contributed by atoms with Crippen LogP contribution in [0.1, 0.15) is 12.8 Å². The van der Waals surface area contributed by atoms with Crippen molar-refractivity contribution in [3.63, 3.8) is 0 Å². The Morgan fingerprint density at radius 3 is 1.26 bits per heavy atom. The van der Waals surface area contributed by atoms with Crippen molar-refractivity contribution in [2.75, 3.05) is 68.6 Å². The van der Waals surface area contributed by atoms with E-state index < -0.39 is 0 Å². The zero-order valence-electron chi connectivity index (χ0n) is 19.2. The molecule has 0 spiro atoms. The average molecular weight is 468 g/mol. The van der Waals surface area contributed by atoms with Crippen LogP contribution < -0.4 is 9.47 Å². The summed E-state index contributed by atoms with van der Waals surface area (Å²) in [5, 5.41) is 9.42. The van der Waals surface area contributed by atoms with Gasteiger partial charge in [0.25, 0.3) is 0 Å². The van der Waals surface area contributed by atoms with Gasteiger partial charge in [-0.25, -0.2) is 0 Å². The molecule has 31 heavy (non-hydrogen) atoms. The number of methoxy groups -OCH3 is 2. The number of rotatable bonds is 12. The minimum atomic E-state index is 0. The van der Waals surface area contributed by atoms with Crippen molar-refractivity contribution in [1.82, 2.24) is 9.80 Å². The van der Waals surface area contributed by atoms with Crippen LogP contribution in [0.4, 0.5) is 11.4 Å². The maximum Gasteiger partial charge on any atom is 4.00 e. The Morgan fingerprint density at radius 1 is 0.742 bits per heavy atom. The van der Waals surface area contributed by atoms with E-state index >= 15 is 0 Å². The van der Waals surface area contributed by atoms with E-state index in [1.807, 2.05) is 12.1 Å². The third kappa shape index (κ3) is 18.2. The molecular weight excluding hydrogens is 436 g/mol. The van der Waals surface area contributed by atoms with E-state index in [0.29, 0.717) is 11.5 Å². The van der Waals surface area contributed by atoms with Crippen molar-refractivity contribution >= 4 is 11.4 Å². The van der Waals surface area contributed by atoms with Crippen LogP contribution in [0.3, 0.4) is 0 Å². The summed E-state index contributed by atoms with van der Waals surface area (Å²) in [5.41, 5.74) is 28.7. The monoisotopic (exact) mass is 468 g/mol. The van der Waals surface area contributed by atoms with E-state index in [2.05, 4.69) is 38.0 Å². The molecule has 0 N–H and O–H groups in total. The fourth-order valence-corrected chi connectivity index (χ4v) is 2.28. The second kappa shape index (κ2) is 22.4. The predicted octanol–water partition coefficient (Wildman–Crippen LogP) is 5.35. The van der Waals surface area contributed by atoms with Gasteiger partial charge in [-0.15, -0.1) is 13.1 Å². The fraction of sp³-hybridized carbons (Fsp3) is 0.667. The van der Waals surface area contributed by atoms with Gasteiger partial charge < -0.3 is 52.0 Å². The summed E-state index contributed by atoms with van der Waals surface area (Å²) in [6.45, 7) is 3.58. The standard InChI is InChI=1S/C18H32N4O2.2N3.Ti/c1-21(2)11-7-9-19-15-13-17(23-5)18(24-6)14-16(15)20-10-8-12-22(3)4;2*1-3-2;/h13-14H,7-12H2,1-6H3;;;/q-2;2*-1;+4. The molecular formula is C18H32N10O2Ti. The van der Waals surface area contributed by atoms with Crippen LogP contribution in [0, 0.1) is 0 Å². The first-order valence-electron chi connectivity index (χ1n) is 9.18. The maximum atomic E-state index is 6.75. The average Bonchev–Trinajstić information content (AvgIpc) is 2.69. The number of ether oxygens (including phenoxy) is 2. The molecule has 12 nitrogen and oxygen atoms in total. The molecule has 13 heteroatoms. The molecule has 0 saturated heterocycles. The van der Waals surface area contributed by atoms with Gasteiger partial charge in [-0.3, -0.25) is 9.82 Å². The molecule has 0 aromatic heterocycles. The molecule has 0 fully saturated rings. The molecule has 0 unspecified atom stereocenters. The molecule has 0 radical (unpaired) electrons. The van der Waals surface area contributed by atoms with Crippen molar-refractivity contribution in [3.8, 4) is 11.5 Å². The van der Waals surface area contributed by atoms with Crippen LogP contribution in [-0.2, 0) is 21.7 Å². The molecule has 0 heterocycles. The van der Waals surface area contributed by atoms with E-state index in [1.165, 1.54) is 9.82 Å². The fourth-order valence-electron chi connectivity index (χ4n) is 2.28. The van der Waals surface area contributed by atoms with Crippen molar-refractivity contribution in [2.24, 2.45) is 0 Å². The van der Waals surface area contributed by atoms with Crippen LogP contribution in [0.5, 0.6) is 11.5 Å². The Morgan fingerprint density at radius 2 is 1.03 bits per heavy atom. The third-order valence-corrected chi connectivity index (χ3v) is 3.57. The van der Waals surface area contributed by atoms with E-state index in [0.717, 1.165) is 50.4 Å². The van der Waals surface area contributed by atoms with Crippen molar-refractivity contribution in [1.29, 1.82) is 0 Å². The minimum absolute atomic E-state index is 0. The molecule has 0 bridgehead atoms. The Balaban J connectivity index is -0.000001000. The summed E-state index contributed by atoms with van der Waals surface area (Å²) in [6.07, 6.45) is 2.03. The number of nitrogens with zero attached hydrogens (tertiary/aromatic N) is 10. The van der Waals surface area contributed by atoms with E-state index in [4.69, 9.17) is 42.2 Å². The number of hydrogen-bond acceptors (Lipinski definition) is 4. The molecule has 0 aliphatic heterocycles. The van der Waals surface area contributed by atoms with E-state index in [9.17, 15) is 0 Å². The van der Waals surface area contributed by atoms with E-state index in [-0.39, 0.29) is 21.7 Å². The Kier molecular flexibility index (Phi) is 24.0. The number of hydrogen-bond donors (Lipinski definition) is 0. The van der Waals surface area contributed by atoms with Crippen LogP contribution in [0.15, 0.2) is 12.1 Å². The Hall–Kier alpha value is -2.33. The van der Waals surface area contributed by atoms with Gasteiger partial charge in [0, 0.05) is 0 Å². The summed E-state index contributed by atoms with van der Waals surface area (Å²) in [4.78, 5) is 7.33. The predicted molar refractivity (Wildman–Crippen MR) is 122 cm³/mol. The van der Waals surface area contributed by atoms with Gasteiger partial charge in [0.05, 0.1) is 14.2 Å². The van der Waals surface area contributed by atoms with Crippen molar-refractivity contribution in [3.05, 3.63) is 54.7 Å². The first-order valence-corrected chi connectivity index (χ1v) is 9.18. The van der Waals surface area contributed by atoms with Crippen LogP contribution in [0.2, 0.25) is 0 Å². The molecule has 0 atom stereocenters. The smallest absolute Gasteiger partial charge is 0.685 e. The topological polar surface area (TPSA) is 171 Å². The molecule has 0 saturated carbocycles. The van der Waals surface area contributed by atoms with Crippen LogP contribution >= 0.6 is 0 Å². The molecule has 0 amide bonds. The summed E-state index contributed by atoms with van der Waals surface area (Å²) in [5.74, 6) is 1.38. The van der Waals surface area contributed by atoms with Gasteiger partial charge in [0.1, 0.15) is 0 Å². The van der Waals surface area contributed by atoms with Crippen molar-refractivity contribution in [2.45, 2.75) is 12.8 Å². The molecule has 1 aromatic carbocycles. The van der Waals surface area contributed by atoms with E-state index in [1.54, 1.807) is 14.2 Å². The molecule has 1 rings (SSSR count). The zero-order chi connectivity index (χ0) is 23.4. The largest absolute Gasteiger partial charge is 4.00 e. The van der Waals surface area contributed by atoms with Gasteiger partial charge in [-0.2, -0.15) is 11.4 Å². The first kappa shape index (κ1) is 33.3. The molecule has 0 aliphatic carbocycles. The minimum Gasteiger partial charge on any atom is -0.685 e. The van der Waals surface area contributed by atoms with Gasteiger partial charge >= 0.3 is 21.7 Å². The zero-order valence-corrected chi connectivity index (χ0v) is 20.7. The number of benzene rings is 1. The third-order valence-electron chi connectivity index (χ3n) is 3.57. The molecule has 170 valence electrons. The summed E-state index contributed by atoms with van der Waals surface area (Å²) in [7, 11) is 11.6. The summed E-state index contributed by atoms with van der Waals surface area (Å²) >= 11 is 0. The molecule has 0 aliphatic rings. The van der Waals surface area contributed by atoms with Gasteiger partial charge in [-0.05, 0) is 53.4 Å². The van der Waals surface area contributed by atoms with Crippen molar-refractivity contribution < 1.29 is 31.2 Å². The summed E-state index contributed by atoms with van der Waals surface area (Å²) in [6, 6.07) is 3.83. The Labute approximate surface area is 200 Å². The van der Waals surface area contributed by atoms with Crippen LogP contribution in [0.25, 0.3) is 42.6 Å². The second-order valence-corrected chi connectivity index (χ2v) is 6.45. The second-order valence-electron chi connectivity index (χ2n) is 6.45. The molecule has 1 aromatic rings. The summed E-state index contributed by atoms with van der Waals surface area (Å²) < 4.78 is 10.8. The first-order chi connectivity index (χ1) is 14.3. The van der Waals surface area contributed by atoms with Gasteiger partial charge in [-0.1, -0.05) is 12.8 Å². The quantitative estimate of drug-likeness (QED) is 0.132.